The van der Waals surface area contributed by atoms with Crippen molar-refractivity contribution in [2.75, 3.05) is 12.1 Å². The second-order valence-electron chi connectivity index (χ2n) is 2.43. The third-order valence-corrected chi connectivity index (χ3v) is 1.58. The van der Waals surface area contributed by atoms with Gasteiger partial charge in [-0.15, -0.1) is 4.91 Å². The quantitative estimate of drug-likeness (QED) is 0.533. The van der Waals surface area contributed by atoms with E-state index in [-0.39, 0.29) is 0 Å². The van der Waals surface area contributed by atoms with Crippen LogP contribution in [0.5, 0.6) is 0 Å². The molecule has 0 unspecified atom stereocenters. The van der Waals surface area contributed by atoms with E-state index in [0.717, 1.165) is 5.01 Å². The van der Waals surface area contributed by atoms with Crippen molar-refractivity contribution < 1.29 is 0 Å². The summed E-state index contributed by atoms with van der Waals surface area (Å²) in [5, 5.41) is 3.78. The lowest BCUT2D eigenvalue weighted by Crippen LogP contribution is -2.08. The van der Waals surface area contributed by atoms with Crippen LogP contribution in [0.2, 0.25) is 0 Å². The number of aromatic amines is 1. The van der Waals surface area contributed by atoms with Gasteiger partial charge in [-0.1, -0.05) is 0 Å². The van der Waals surface area contributed by atoms with Crippen LogP contribution in [0.3, 0.4) is 0 Å². The maximum Gasteiger partial charge on any atom is 0.228 e. The summed E-state index contributed by atoms with van der Waals surface area (Å²) in [6, 6.07) is 0. The van der Waals surface area contributed by atoms with Crippen LogP contribution in [0.1, 0.15) is 0 Å². The van der Waals surface area contributed by atoms with Gasteiger partial charge in [0, 0.05) is 7.05 Å². The Hall–Kier alpha value is -2.05. The molecule has 0 aromatic carbocycles. The highest BCUT2D eigenvalue weighted by atomic mass is 16.3. The largest absolute Gasteiger partial charge is 0.320 e. The summed E-state index contributed by atoms with van der Waals surface area (Å²) in [6.07, 6.45) is 2.97. The van der Waals surface area contributed by atoms with Crippen molar-refractivity contribution in [2.24, 2.45) is 5.29 Å². The van der Waals surface area contributed by atoms with Crippen molar-refractivity contribution in [3.63, 3.8) is 0 Å². The summed E-state index contributed by atoms with van der Waals surface area (Å²) < 4.78 is 0. The zero-order valence-corrected chi connectivity index (χ0v) is 6.80. The number of rotatable bonds is 2. The molecule has 0 spiro atoms. The Morgan fingerprint density at radius 3 is 3.15 bits per heavy atom. The Balaban J connectivity index is 2.55. The Morgan fingerprint density at radius 2 is 2.46 bits per heavy atom. The summed E-state index contributed by atoms with van der Waals surface area (Å²) in [6.45, 7) is 0. The molecule has 2 rings (SSSR count). The number of imidazole rings is 1. The number of fused-ring (bicyclic) bond motifs is 1. The predicted molar refractivity (Wildman–Crippen MR) is 45.9 cm³/mol. The molecule has 0 aliphatic rings. The van der Waals surface area contributed by atoms with E-state index in [1.54, 1.807) is 6.20 Å². The Labute approximate surface area is 72.8 Å². The molecule has 0 saturated heterocycles. The zero-order valence-electron chi connectivity index (χ0n) is 6.80. The maximum atomic E-state index is 10.2. The molecule has 66 valence electrons. The summed E-state index contributed by atoms with van der Waals surface area (Å²) >= 11 is 0. The molecule has 2 heterocycles. The van der Waals surface area contributed by atoms with Gasteiger partial charge in [-0.2, -0.15) is 9.99 Å². The summed E-state index contributed by atoms with van der Waals surface area (Å²) in [7, 11) is 1.50. The highest BCUT2D eigenvalue weighted by Crippen LogP contribution is 2.12. The predicted octanol–water partition coefficient (Wildman–Crippen LogP) is 0.470. The van der Waals surface area contributed by atoms with Crippen LogP contribution in [0.25, 0.3) is 11.2 Å². The van der Waals surface area contributed by atoms with Gasteiger partial charge in [0.2, 0.25) is 5.95 Å². The van der Waals surface area contributed by atoms with Crippen molar-refractivity contribution in [2.45, 2.75) is 0 Å². The molecule has 0 radical (unpaired) electrons. The monoisotopic (exact) mass is 178 g/mol. The van der Waals surface area contributed by atoms with Crippen molar-refractivity contribution >= 4 is 17.1 Å². The van der Waals surface area contributed by atoms with Gasteiger partial charge in [0.1, 0.15) is 11.8 Å². The first-order valence-corrected chi connectivity index (χ1v) is 3.54. The lowest BCUT2D eigenvalue weighted by molar-refractivity contribution is 0.949. The SMILES string of the molecule is CN(N=O)c1nc2ncncc2[nH]1. The van der Waals surface area contributed by atoms with E-state index in [4.69, 9.17) is 0 Å². The first-order chi connectivity index (χ1) is 6.31. The van der Waals surface area contributed by atoms with Gasteiger partial charge in [0.15, 0.2) is 5.65 Å². The molecule has 13 heavy (non-hydrogen) atoms. The number of nitroso groups, excluding NO2 is 1. The molecule has 0 atom stereocenters. The fourth-order valence-electron chi connectivity index (χ4n) is 0.941. The Bertz CT molecular complexity index is 404. The second kappa shape index (κ2) is 2.77. The highest BCUT2D eigenvalue weighted by molar-refractivity contribution is 5.71. The smallest absolute Gasteiger partial charge is 0.228 e. The van der Waals surface area contributed by atoms with Crippen molar-refractivity contribution in [1.29, 1.82) is 0 Å². The van der Waals surface area contributed by atoms with Gasteiger partial charge >= 0.3 is 0 Å². The Kier molecular flexibility index (Phi) is 1.62. The number of hydrogen-bond donors (Lipinski definition) is 1. The molecule has 2 aromatic heterocycles. The van der Waals surface area contributed by atoms with Crippen molar-refractivity contribution in [3.05, 3.63) is 17.4 Å². The van der Waals surface area contributed by atoms with Gasteiger partial charge < -0.3 is 4.98 Å². The van der Waals surface area contributed by atoms with Gasteiger partial charge in [-0.05, 0) is 0 Å². The molecule has 0 aliphatic carbocycles. The van der Waals surface area contributed by atoms with E-state index in [0.29, 0.717) is 17.1 Å². The number of hydrogen-bond acceptors (Lipinski definition) is 5. The summed E-state index contributed by atoms with van der Waals surface area (Å²) in [4.78, 5) is 24.7. The minimum absolute atomic E-state index is 0.352. The molecular weight excluding hydrogens is 172 g/mol. The third kappa shape index (κ3) is 1.19. The van der Waals surface area contributed by atoms with Gasteiger partial charge in [0.25, 0.3) is 0 Å². The first kappa shape index (κ1) is 7.59. The molecule has 0 amide bonds. The molecule has 0 saturated carbocycles. The van der Waals surface area contributed by atoms with Crippen LogP contribution in [-0.4, -0.2) is 27.0 Å². The minimum Gasteiger partial charge on any atom is -0.320 e. The van der Waals surface area contributed by atoms with E-state index < -0.39 is 0 Å². The number of H-pyrrole nitrogens is 1. The second-order valence-corrected chi connectivity index (χ2v) is 2.43. The number of nitrogens with zero attached hydrogens (tertiary/aromatic N) is 5. The normalized spacial score (nSPS) is 10.2. The van der Waals surface area contributed by atoms with Crippen molar-refractivity contribution in [1.82, 2.24) is 19.9 Å². The molecule has 7 heteroatoms. The van der Waals surface area contributed by atoms with E-state index in [9.17, 15) is 4.91 Å². The van der Waals surface area contributed by atoms with Crippen molar-refractivity contribution in [3.8, 4) is 0 Å². The molecular formula is C6H6N6O. The topological polar surface area (TPSA) is 87.1 Å². The number of aromatic nitrogens is 4. The van der Waals surface area contributed by atoms with E-state index in [2.05, 4.69) is 25.2 Å². The van der Waals surface area contributed by atoms with E-state index in [1.807, 2.05) is 0 Å². The highest BCUT2D eigenvalue weighted by Gasteiger charge is 2.07. The number of nitrogens with one attached hydrogen (secondary N) is 1. The average Bonchev–Trinajstić information content (AvgIpc) is 2.59. The molecule has 2 aromatic rings. The first-order valence-electron chi connectivity index (χ1n) is 3.54. The zero-order chi connectivity index (χ0) is 9.26. The van der Waals surface area contributed by atoms with Crippen LogP contribution < -0.4 is 5.01 Å². The number of anilines is 1. The average molecular weight is 178 g/mol. The summed E-state index contributed by atoms with van der Waals surface area (Å²) in [5.74, 6) is 0.352. The fraction of sp³-hybridized carbons (Fsp3) is 0.167. The van der Waals surface area contributed by atoms with Gasteiger partial charge in [-0.3, -0.25) is 0 Å². The van der Waals surface area contributed by atoms with Crippen LogP contribution >= 0.6 is 0 Å². The van der Waals surface area contributed by atoms with Crippen LogP contribution in [0, 0.1) is 4.91 Å². The van der Waals surface area contributed by atoms with E-state index >= 15 is 0 Å². The molecule has 0 bridgehead atoms. The fourth-order valence-corrected chi connectivity index (χ4v) is 0.941. The maximum absolute atomic E-state index is 10.2. The van der Waals surface area contributed by atoms with Crippen LogP contribution in [0.4, 0.5) is 5.95 Å². The molecule has 0 aliphatic heterocycles. The van der Waals surface area contributed by atoms with E-state index in [1.165, 1.54) is 13.4 Å². The lowest BCUT2D eigenvalue weighted by atomic mass is 10.6. The lowest BCUT2D eigenvalue weighted by Gasteiger charge is -2.00. The van der Waals surface area contributed by atoms with Crippen LogP contribution in [0.15, 0.2) is 17.8 Å². The van der Waals surface area contributed by atoms with Gasteiger partial charge in [0.05, 0.1) is 11.5 Å². The Morgan fingerprint density at radius 1 is 1.62 bits per heavy atom. The molecule has 7 nitrogen and oxygen atoms in total. The minimum atomic E-state index is 0.352. The molecule has 0 fully saturated rings. The summed E-state index contributed by atoms with van der Waals surface area (Å²) in [5.41, 5.74) is 1.19. The van der Waals surface area contributed by atoms with Gasteiger partial charge in [-0.25, -0.2) is 9.97 Å². The standard InChI is InChI=1S/C6H6N6O/c1-12(11-13)6-9-4-2-7-3-8-5(4)10-6/h2-3H,1H3,(H,7,8,9,10). The third-order valence-electron chi connectivity index (χ3n) is 1.58. The molecule has 1 N–H and O–H groups in total. The van der Waals surface area contributed by atoms with Crippen LogP contribution in [-0.2, 0) is 0 Å².